The second-order valence-electron chi connectivity index (χ2n) is 4.83. The Hall–Kier alpha value is -1.07. The van der Waals surface area contributed by atoms with Gasteiger partial charge in [-0.1, -0.05) is 18.6 Å². The Morgan fingerprint density at radius 3 is 2.11 bits per heavy atom. The molecule has 0 amide bonds. The molecule has 0 heterocycles. The predicted molar refractivity (Wildman–Crippen MR) is 61.7 cm³/mol. The number of hydrogen-bond acceptors (Lipinski definition) is 2. The molecule has 0 radical (unpaired) electrons. The minimum absolute atomic E-state index is 0.183. The molecule has 18 heavy (non-hydrogen) atoms. The predicted octanol–water partition coefficient (Wildman–Crippen LogP) is 2.87. The minimum atomic E-state index is -4.34. The summed E-state index contributed by atoms with van der Waals surface area (Å²) in [4.78, 5) is 0. The van der Waals surface area contributed by atoms with E-state index in [0.717, 1.165) is 31.4 Å². The number of aliphatic hydroxyl groups excluding tert-OH is 1. The molecule has 2 atom stereocenters. The summed E-state index contributed by atoms with van der Waals surface area (Å²) < 4.78 is 37.2. The first-order valence-corrected chi connectivity index (χ1v) is 6.00. The van der Waals surface area contributed by atoms with Crippen molar-refractivity contribution in [3.05, 3.63) is 35.4 Å². The Kier molecular flexibility index (Phi) is 3.64. The van der Waals surface area contributed by atoms with Crippen LogP contribution in [0.5, 0.6) is 0 Å². The molecular formula is C13H16F3NO. The van der Waals surface area contributed by atoms with E-state index in [0.29, 0.717) is 5.56 Å². The van der Waals surface area contributed by atoms with Gasteiger partial charge in [0.2, 0.25) is 0 Å². The lowest BCUT2D eigenvalue weighted by atomic mass is 9.77. The Labute approximate surface area is 104 Å². The monoisotopic (exact) mass is 259 g/mol. The first-order valence-electron chi connectivity index (χ1n) is 6.00. The number of nitrogens with two attached hydrogens (primary N) is 1. The lowest BCUT2D eigenvalue weighted by Crippen LogP contribution is -2.36. The molecule has 1 aliphatic rings. The smallest absolute Gasteiger partial charge is 0.391 e. The molecule has 100 valence electrons. The van der Waals surface area contributed by atoms with Gasteiger partial charge >= 0.3 is 6.18 Å². The molecule has 1 aromatic rings. The summed E-state index contributed by atoms with van der Waals surface area (Å²) in [6, 6.07) is 4.08. The van der Waals surface area contributed by atoms with E-state index in [2.05, 4.69) is 0 Å². The van der Waals surface area contributed by atoms with Crippen LogP contribution in [0.25, 0.3) is 0 Å². The quantitative estimate of drug-likeness (QED) is 0.876. The molecule has 2 nitrogen and oxygen atoms in total. The normalized spacial score (nSPS) is 20.3. The molecule has 1 saturated carbocycles. The van der Waals surface area contributed by atoms with Crippen LogP contribution < -0.4 is 5.73 Å². The molecule has 3 N–H and O–H groups in total. The number of benzene rings is 1. The Bertz CT molecular complexity index is 398. The van der Waals surface area contributed by atoms with E-state index in [-0.39, 0.29) is 5.92 Å². The third-order valence-electron chi connectivity index (χ3n) is 3.62. The van der Waals surface area contributed by atoms with Gasteiger partial charge in [-0.05, 0) is 36.5 Å². The van der Waals surface area contributed by atoms with Gasteiger partial charge in [-0.3, -0.25) is 0 Å². The molecule has 2 rings (SSSR count). The van der Waals surface area contributed by atoms with Crippen LogP contribution in [0.1, 0.15) is 36.4 Å². The highest BCUT2D eigenvalue weighted by atomic mass is 19.4. The molecule has 5 heteroatoms. The van der Waals surface area contributed by atoms with Gasteiger partial charge < -0.3 is 10.8 Å². The van der Waals surface area contributed by atoms with Crippen molar-refractivity contribution in [2.45, 2.75) is 37.6 Å². The van der Waals surface area contributed by atoms with Crippen LogP contribution in [0.4, 0.5) is 13.2 Å². The topological polar surface area (TPSA) is 46.2 Å². The van der Waals surface area contributed by atoms with Crippen LogP contribution in [0.3, 0.4) is 0 Å². The summed E-state index contributed by atoms with van der Waals surface area (Å²) in [6.45, 7) is 0. The van der Waals surface area contributed by atoms with Crippen molar-refractivity contribution in [2.75, 3.05) is 0 Å². The molecule has 0 bridgehead atoms. The van der Waals surface area contributed by atoms with Crippen LogP contribution >= 0.6 is 0 Å². The summed E-state index contributed by atoms with van der Waals surface area (Å²) in [7, 11) is 0. The first-order chi connectivity index (χ1) is 8.39. The Morgan fingerprint density at radius 1 is 1.17 bits per heavy atom. The molecule has 0 aliphatic heterocycles. The van der Waals surface area contributed by atoms with Gasteiger partial charge in [-0.2, -0.15) is 13.2 Å². The second-order valence-corrected chi connectivity index (χ2v) is 4.83. The summed E-state index contributed by atoms with van der Waals surface area (Å²) in [6.07, 6.45) is -2.04. The van der Waals surface area contributed by atoms with Gasteiger partial charge in [0.25, 0.3) is 0 Å². The zero-order valence-electron chi connectivity index (χ0n) is 9.82. The first kappa shape index (κ1) is 13.4. The van der Waals surface area contributed by atoms with E-state index in [9.17, 15) is 18.3 Å². The fourth-order valence-corrected chi connectivity index (χ4v) is 2.17. The van der Waals surface area contributed by atoms with E-state index in [4.69, 9.17) is 5.73 Å². The molecule has 1 aromatic carbocycles. The summed E-state index contributed by atoms with van der Waals surface area (Å²) in [5, 5.41) is 9.97. The molecule has 0 unspecified atom stereocenters. The number of hydrogen-bond donors (Lipinski definition) is 2. The van der Waals surface area contributed by atoms with Crippen molar-refractivity contribution in [1.29, 1.82) is 0 Å². The van der Waals surface area contributed by atoms with Crippen LogP contribution in [0.2, 0.25) is 0 Å². The van der Waals surface area contributed by atoms with Crippen molar-refractivity contribution in [2.24, 2.45) is 11.7 Å². The third kappa shape index (κ3) is 2.67. The summed E-state index contributed by atoms with van der Waals surface area (Å²) in [5.41, 5.74) is 5.72. The van der Waals surface area contributed by atoms with E-state index < -0.39 is 23.9 Å². The second kappa shape index (κ2) is 4.90. The van der Waals surface area contributed by atoms with Gasteiger partial charge in [0.15, 0.2) is 0 Å². The molecule has 0 aromatic heterocycles. The van der Waals surface area contributed by atoms with Gasteiger partial charge in [-0.25, -0.2) is 0 Å². The van der Waals surface area contributed by atoms with E-state index >= 15 is 0 Å². The van der Waals surface area contributed by atoms with Crippen molar-refractivity contribution in [3.63, 3.8) is 0 Å². The SMILES string of the molecule is N[C@H](c1ccc(C(F)(F)F)cc1)[C@@H](O)C1CCC1. The van der Waals surface area contributed by atoms with E-state index in [1.54, 1.807) is 0 Å². The highest BCUT2D eigenvalue weighted by molar-refractivity contribution is 5.27. The van der Waals surface area contributed by atoms with E-state index in [1.807, 2.05) is 0 Å². The zero-order chi connectivity index (χ0) is 13.3. The van der Waals surface area contributed by atoms with Gasteiger partial charge in [0, 0.05) is 0 Å². The maximum Gasteiger partial charge on any atom is 0.416 e. The molecule has 0 saturated heterocycles. The number of rotatable bonds is 3. The largest absolute Gasteiger partial charge is 0.416 e. The van der Waals surface area contributed by atoms with Crippen molar-refractivity contribution >= 4 is 0 Å². The average Bonchev–Trinajstić information content (AvgIpc) is 2.24. The van der Waals surface area contributed by atoms with Gasteiger partial charge in [0.1, 0.15) is 0 Å². The molecular weight excluding hydrogens is 243 g/mol. The lowest BCUT2D eigenvalue weighted by Gasteiger charge is -2.33. The Balaban J connectivity index is 2.08. The zero-order valence-corrected chi connectivity index (χ0v) is 9.82. The molecule has 1 fully saturated rings. The number of aliphatic hydroxyl groups is 1. The van der Waals surface area contributed by atoms with Crippen LogP contribution in [-0.4, -0.2) is 11.2 Å². The third-order valence-corrected chi connectivity index (χ3v) is 3.62. The number of alkyl halides is 3. The highest BCUT2D eigenvalue weighted by Gasteiger charge is 2.32. The van der Waals surface area contributed by atoms with Crippen molar-refractivity contribution in [3.8, 4) is 0 Å². The van der Waals surface area contributed by atoms with Crippen LogP contribution in [-0.2, 0) is 6.18 Å². The average molecular weight is 259 g/mol. The van der Waals surface area contributed by atoms with Crippen LogP contribution in [0, 0.1) is 5.92 Å². The van der Waals surface area contributed by atoms with Crippen molar-refractivity contribution in [1.82, 2.24) is 0 Å². The lowest BCUT2D eigenvalue weighted by molar-refractivity contribution is -0.137. The van der Waals surface area contributed by atoms with Gasteiger partial charge in [0.05, 0.1) is 17.7 Å². The van der Waals surface area contributed by atoms with Crippen LogP contribution in [0.15, 0.2) is 24.3 Å². The maximum absolute atomic E-state index is 12.4. The highest BCUT2D eigenvalue weighted by Crippen LogP contribution is 2.35. The summed E-state index contributed by atoms with van der Waals surface area (Å²) in [5.74, 6) is 0.183. The van der Waals surface area contributed by atoms with E-state index in [1.165, 1.54) is 12.1 Å². The maximum atomic E-state index is 12.4. The Morgan fingerprint density at radius 2 is 1.72 bits per heavy atom. The minimum Gasteiger partial charge on any atom is -0.391 e. The molecule has 1 aliphatic carbocycles. The summed E-state index contributed by atoms with van der Waals surface area (Å²) >= 11 is 0. The van der Waals surface area contributed by atoms with Gasteiger partial charge in [-0.15, -0.1) is 0 Å². The fraction of sp³-hybridized carbons (Fsp3) is 0.538. The fourth-order valence-electron chi connectivity index (χ4n) is 2.17. The molecule has 0 spiro atoms. The standard InChI is InChI=1S/C13H16F3NO/c14-13(15,16)10-6-4-8(5-7-10)11(17)12(18)9-2-1-3-9/h4-7,9,11-12,18H,1-3,17H2/t11-,12+/m1/s1. The van der Waals surface area contributed by atoms with Crippen molar-refractivity contribution < 1.29 is 18.3 Å². The number of halogens is 3.